The van der Waals surface area contributed by atoms with Gasteiger partial charge in [0.15, 0.2) is 0 Å². The molecule has 6 rings (SSSR count). The molecule has 0 saturated carbocycles. The van der Waals surface area contributed by atoms with E-state index < -0.39 is 17.3 Å². The molecule has 5 heterocycles. The fraction of sp³-hybridized carbons (Fsp3) is 0.0385. The Kier molecular flexibility index (Phi) is 5.11. The van der Waals surface area contributed by atoms with Crippen molar-refractivity contribution in [3.8, 4) is 27.5 Å². The SMILES string of the molecule is O=c1ccc2cnc3ccc(-c4ccc(-c5cncs5)nc4)nc3c2n1-c1cccc(C(F)(F)F)c1. The van der Waals surface area contributed by atoms with Crippen molar-refractivity contribution in [2.24, 2.45) is 0 Å². The van der Waals surface area contributed by atoms with Crippen molar-refractivity contribution in [2.45, 2.75) is 6.18 Å². The van der Waals surface area contributed by atoms with Gasteiger partial charge in [0.2, 0.25) is 0 Å². The normalized spacial score (nSPS) is 11.9. The lowest BCUT2D eigenvalue weighted by Crippen LogP contribution is -2.18. The number of aromatic nitrogens is 5. The first-order chi connectivity index (χ1) is 17.4. The molecule has 0 bridgehead atoms. The van der Waals surface area contributed by atoms with Gasteiger partial charge >= 0.3 is 6.18 Å². The van der Waals surface area contributed by atoms with Crippen LogP contribution in [-0.4, -0.2) is 24.5 Å². The van der Waals surface area contributed by atoms with E-state index in [2.05, 4.69) is 15.0 Å². The Morgan fingerprint density at radius 1 is 0.861 bits per heavy atom. The number of hydrogen-bond donors (Lipinski definition) is 0. The Labute approximate surface area is 205 Å². The Morgan fingerprint density at radius 3 is 2.47 bits per heavy atom. The highest BCUT2D eigenvalue weighted by Gasteiger charge is 2.30. The number of pyridine rings is 4. The highest BCUT2D eigenvalue weighted by molar-refractivity contribution is 7.13. The standard InChI is InChI=1S/C26H14F3N5OS/c27-26(28,29)17-2-1-3-18(10-17)34-23(35)9-5-16-12-32-21-8-7-19(33-24(21)25(16)34)15-4-6-20(31-11-15)22-13-30-14-36-22/h1-14H. The first kappa shape index (κ1) is 22.1. The molecule has 5 aromatic heterocycles. The number of fused-ring (bicyclic) bond motifs is 3. The van der Waals surface area contributed by atoms with Crippen LogP contribution in [-0.2, 0) is 6.18 Å². The lowest BCUT2D eigenvalue weighted by molar-refractivity contribution is -0.137. The molecule has 0 fully saturated rings. The monoisotopic (exact) mass is 501 g/mol. The predicted octanol–water partition coefficient (Wildman–Crippen LogP) is 6.14. The van der Waals surface area contributed by atoms with E-state index in [-0.39, 0.29) is 5.69 Å². The summed E-state index contributed by atoms with van der Waals surface area (Å²) in [6.45, 7) is 0. The van der Waals surface area contributed by atoms with Gasteiger partial charge in [0.1, 0.15) is 5.52 Å². The minimum atomic E-state index is -4.54. The first-order valence-electron chi connectivity index (χ1n) is 10.7. The van der Waals surface area contributed by atoms with Crippen molar-refractivity contribution in [3.63, 3.8) is 0 Å². The van der Waals surface area contributed by atoms with Crippen LogP contribution in [0.1, 0.15) is 5.56 Å². The molecular weight excluding hydrogens is 487 g/mol. The van der Waals surface area contributed by atoms with Crippen molar-refractivity contribution >= 4 is 33.3 Å². The second-order valence-electron chi connectivity index (χ2n) is 7.98. The zero-order valence-electron chi connectivity index (χ0n) is 18.3. The highest BCUT2D eigenvalue weighted by atomic mass is 32.1. The third-order valence-corrected chi connectivity index (χ3v) is 6.54. The smallest absolute Gasteiger partial charge is 0.275 e. The minimum absolute atomic E-state index is 0.0932. The third-order valence-electron chi connectivity index (χ3n) is 5.74. The fourth-order valence-electron chi connectivity index (χ4n) is 4.04. The Morgan fingerprint density at radius 2 is 1.72 bits per heavy atom. The fourth-order valence-corrected chi connectivity index (χ4v) is 4.64. The molecule has 1 aromatic carbocycles. The van der Waals surface area contributed by atoms with Crippen molar-refractivity contribution in [2.75, 3.05) is 0 Å². The number of hydrogen-bond acceptors (Lipinski definition) is 6. The number of alkyl halides is 3. The van der Waals surface area contributed by atoms with Crippen molar-refractivity contribution in [1.82, 2.24) is 24.5 Å². The molecule has 0 N–H and O–H groups in total. The van der Waals surface area contributed by atoms with Gasteiger partial charge in [-0.05, 0) is 48.5 Å². The molecule has 0 radical (unpaired) electrons. The van der Waals surface area contributed by atoms with Crippen LogP contribution in [0.5, 0.6) is 0 Å². The van der Waals surface area contributed by atoms with E-state index in [4.69, 9.17) is 4.98 Å². The molecule has 0 spiro atoms. The molecule has 0 aliphatic carbocycles. The lowest BCUT2D eigenvalue weighted by Gasteiger charge is -2.14. The van der Waals surface area contributed by atoms with E-state index in [1.54, 1.807) is 42.3 Å². The second-order valence-corrected chi connectivity index (χ2v) is 8.87. The molecule has 0 amide bonds. The van der Waals surface area contributed by atoms with Crippen LogP contribution < -0.4 is 5.56 Å². The summed E-state index contributed by atoms with van der Waals surface area (Å²) in [7, 11) is 0. The van der Waals surface area contributed by atoms with Crippen LogP contribution in [0, 0.1) is 0 Å². The minimum Gasteiger partial charge on any atom is -0.275 e. The maximum atomic E-state index is 13.4. The number of rotatable bonds is 3. The summed E-state index contributed by atoms with van der Waals surface area (Å²) < 4.78 is 41.4. The van der Waals surface area contributed by atoms with Gasteiger partial charge in [-0.15, -0.1) is 11.3 Å². The van der Waals surface area contributed by atoms with E-state index in [0.717, 1.165) is 28.3 Å². The van der Waals surface area contributed by atoms with Crippen molar-refractivity contribution in [1.29, 1.82) is 0 Å². The van der Waals surface area contributed by atoms with E-state index in [1.165, 1.54) is 34.1 Å². The summed E-state index contributed by atoms with van der Waals surface area (Å²) >= 11 is 1.48. The topological polar surface area (TPSA) is 73.6 Å². The zero-order valence-corrected chi connectivity index (χ0v) is 19.1. The first-order valence-corrected chi connectivity index (χ1v) is 11.6. The molecule has 36 heavy (non-hydrogen) atoms. The van der Waals surface area contributed by atoms with E-state index >= 15 is 0 Å². The summed E-state index contributed by atoms with van der Waals surface area (Å²) in [5.74, 6) is 0. The quantitative estimate of drug-likeness (QED) is 0.273. The maximum absolute atomic E-state index is 13.4. The molecule has 0 atom stereocenters. The Bertz CT molecular complexity index is 1800. The lowest BCUT2D eigenvalue weighted by atomic mass is 10.1. The molecule has 176 valence electrons. The van der Waals surface area contributed by atoms with Crippen LogP contribution in [0.3, 0.4) is 0 Å². The molecular formula is C26H14F3N5OS. The predicted molar refractivity (Wildman–Crippen MR) is 132 cm³/mol. The summed E-state index contributed by atoms with van der Waals surface area (Å²) in [6, 6.07) is 14.9. The average molecular weight is 501 g/mol. The van der Waals surface area contributed by atoms with Gasteiger partial charge in [-0.1, -0.05) is 6.07 Å². The van der Waals surface area contributed by atoms with Crippen LogP contribution >= 0.6 is 11.3 Å². The Balaban J connectivity index is 1.56. The largest absolute Gasteiger partial charge is 0.416 e. The molecule has 0 unspecified atom stereocenters. The van der Waals surface area contributed by atoms with Crippen molar-refractivity contribution in [3.05, 3.63) is 101 Å². The summed E-state index contributed by atoms with van der Waals surface area (Å²) in [4.78, 5) is 31.7. The van der Waals surface area contributed by atoms with Gasteiger partial charge < -0.3 is 0 Å². The Hall–Kier alpha value is -4.44. The summed E-state index contributed by atoms with van der Waals surface area (Å²) in [5.41, 5.74) is 3.90. The van der Waals surface area contributed by atoms with Gasteiger partial charge in [-0.3, -0.25) is 24.3 Å². The number of thiazole rings is 1. The van der Waals surface area contributed by atoms with E-state index in [9.17, 15) is 18.0 Å². The second kappa shape index (κ2) is 8.35. The zero-order chi connectivity index (χ0) is 24.9. The van der Waals surface area contributed by atoms with Gasteiger partial charge in [-0.25, -0.2) is 4.98 Å². The molecule has 0 saturated heterocycles. The number of nitrogens with zero attached hydrogens (tertiary/aromatic N) is 5. The highest BCUT2D eigenvalue weighted by Crippen LogP contribution is 2.32. The van der Waals surface area contributed by atoms with Crippen molar-refractivity contribution < 1.29 is 13.2 Å². The van der Waals surface area contributed by atoms with Crippen LogP contribution in [0.25, 0.3) is 49.5 Å². The number of halogens is 3. The van der Waals surface area contributed by atoms with Crippen LogP contribution in [0.15, 0.2) is 89.6 Å². The van der Waals surface area contributed by atoms with Crippen LogP contribution in [0.2, 0.25) is 0 Å². The molecule has 6 nitrogen and oxygen atoms in total. The summed E-state index contributed by atoms with van der Waals surface area (Å²) in [5, 5.41) is 0.572. The van der Waals surface area contributed by atoms with Gasteiger partial charge in [0.25, 0.3) is 5.56 Å². The average Bonchev–Trinajstić information content (AvgIpc) is 3.43. The van der Waals surface area contributed by atoms with Gasteiger partial charge in [-0.2, -0.15) is 13.2 Å². The molecule has 0 aliphatic heterocycles. The maximum Gasteiger partial charge on any atom is 0.416 e. The summed E-state index contributed by atoms with van der Waals surface area (Å²) in [6.07, 6.45) is 0.471. The van der Waals surface area contributed by atoms with E-state index in [0.29, 0.717) is 27.6 Å². The third kappa shape index (κ3) is 3.81. The van der Waals surface area contributed by atoms with E-state index in [1.807, 2.05) is 12.1 Å². The molecule has 6 aromatic rings. The van der Waals surface area contributed by atoms with Crippen LogP contribution in [0.4, 0.5) is 13.2 Å². The van der Waals surface area contributed by atoms with Gasteiger partial charge in [0, 0.05) is 41.3 Å². The number of benzene rings is 1. The molecule has 0 aliphatic rings. The van der Waals surface area contributed by atoms with Gasteiger partial charge in [0.05, 0.1) is 38.4 Å². The molecule has 10 heteroatoms.